The molecule has 0 radical (unpaired) electrons. The van der Waals surface area contributed by atoms with Crippen LogP contribution in [-0.4, -0.2) is 25.2 Å². The van der Waals surface area contributed by atoms with E-state index < -0.39 is 0 Å². The summed E-state index contributed by atoms with van der Waals surface area (Å²) in [7, 11) is 2.12. The van der Waals surface area contributed by atoms with Gasteiger partial charge in [-0.05, 0) is 25.0 Å². The van der Waals surface area contributed by atoms with Gasteiger partial charge in [0, 0.05) is 25.6 Å². The van der Waals surface area contributed by atoms with Gasteiger partial charge in [-0.2, -0.15) is 0 Å². The Bertz CT molecular complexity index is 412. The third kappa shape index (κ3) is 1.34. The minimum Gasteiger partial charge on any atom is -0.506 e. The lowest BCUT2D eigenvalue weighted by Gasteiger charge is -2.43. The predicted octanol–water partition coefficient (Wildman–Crippen LogP) is 2.42. The molecule has 3 heteroatoms. The maximum absolute atomic E-state index is 9.87. The standard InChI is InChI=1S/C13H18N2O/c1-15-9-13(6-3-7-13)8-14-12-10(15)4-2-5-11(12)16/h2,4-5,14,16H,3,6-9H2,1H3. The molecule has 1 aliphatic carbocycles. The molecule has 1 saturated carbocycles. The van der Waals surface area contributed by atoms with Crippen LogP contribution in [0.4, 0.5) is 11.4 Å². The topological polar surface area (TPSA) is 35.5 Å². The highest BCUT2D eigenvalue weighted by Crippen LogP contribution is 2.46. The molecule has 1 aromatic rings. The van der Waals surface area contributed by atoms with E-state index in [1.165, 1.54) is 19.3 Å². The third-order valence-electron chi connectivity index (χ3n) is 4.06. The van der Waals surface area contributed by atoms with Crippen LogP contribution in [0.5, 0.6) is 5.75 Å². The van der Waals surface area contributed by atoms with Crippen LogP contribution < -0.4 is 10.2 Å². The zero-order chi connectivity index (χ0) is 11.2. The van der Waals surface area contributed by atoms with Crippen molar-refractivity contribution >= 4 is 11.4 Å². The Hall–Kier alpha value is -1.38. The van der Waals surface area contributed by atoms with Crippen LogP contribution in [0.1, 0.15) is 19.3 Å². The Labute approximate surface area is 96.1 Å². The molecule has 0 saturated heterocycles. The number of nitrogens with one attached hydrogen (secondary N) is 1. The number of aromatic hydroxyl groups is 1. The molecule has 1 heterocycles. The average Bonchev–Trinajstić information content (AvgIpc) is 2.37. The van der Waals surface area contributed by atoms with E-state index in [0.29, 0.717) is 11.2 Å². The number of phenolic OH excluding ortho intramolecular Hbond substituents is 1. The van der Waals surface area contributed by atoms with Gasteiger partial charge in [-0.25, -0.2) is 0 Å². The summed E-state index contributed by atoms with van der Waals surface area (Å²) in [5.41, 5.74) is 2.44. The normalized spacial score (nSPS) is 21.9. The number of hydrogen-bond donors (Lipinski definition) is 2. The zero-order valence-electron chi connectivity index (χ0n) is 9.66. The lowest BCUT2D eigenvalue weighted by atomic mass is 9.68. The lowest BCUT2D eigenvalue weighted by Crippen LogP contribution is -2.43. The van der Waals surface area contributed by atoms with Crippen LogP contribution in [0.25, 0.3) is 0 Å². The van der Waals surface area contributed by atoms with Gasteiger partial charge in [0.2, 0.25) is 0 Å². The van der Waals surface area contributed by atoms with E-state index in [1.54, 1.807) is 6.07 Å². The highest BCUT2D eigenvalue weighted by molar-refractivity contribution is 5.76. The van der Waals surface area contributed by atoms with Gasteiger partial charge in [-0.15, -0.1) is 0 Å². The Morgan fingerprint density at radius 1 is 1.38 bits per heavy atom. The fourth-order valence-electron chi connectivity index (χ4n) is 2.96. The maximum Gasteiger partial charge on any atom is 0.140 e. The van der Waals surface area contributed by atoms with E-state index in [4.69, 9.17) is 0 Å². The van der Waals surface area contributed by atoms with Crippen molar-refractivity contribution in [1.82, 2.24) is 0 Å². The average molecular weight is 218 g/mol. The molecule has 16 heavy (non-hydrogen) atoms. The molecule has 0 atom stereocenters. The molecule has 0 amide bonds. The van der Waals surface area contributed by atoms with Crippen LogP contribution in [-0.2, 0) is 0 Å². The van der Waals surface area contributed by atoms with E-state index in [0.717, 1.165) is 24.5 Å². The second-order valence-electron chi connectivity index (χ2n) is 5.23. The molecule has 2 N–H and O–H groups in total. The first kappa shape index (κ1) is 9.82. The Morgan fingerprint density at radius 2 is 2.19 bits per heavy atom. The minimum absolute atomic E-state index is 0.362. The molecule has 1 aliphatic heterocycles. The van der Waals surface area contributed by atoms with Crippen molar-refractivity contribution in [2.75, 3.05) is 30.4 Å². The van der Waals surface area contributed by atoms with Gasteiger partial charge in [0.1, 0.15) is 11.4 Å². The van der Waals surface area contributed by atoms with Crippen LogP contribution in [0.3, 0.4) is 0 Å². The minimum atomic E-state index is 0.362. The largest absolute Gasteiger partial charge is 0.506 e. The summed E-state index contributed by atoms with van der Waals surface area (Å²) < 4.78 is 0. The number of nitrogens with zero attached hydrogens (tertiary/aromatic N) is 1. The lowest BCUT2D eigenvalue weighted by molar-refractivity contribution is 0.162. The summed E-state index contributed by atoms with van der Waals surface area (Å²) >= 11 is 0. The van der Waals surface area contributed by atoms with E-state index >= 15 is 0 Å². The van der Waals surface area contributed by atoms with Crippen LogP contribution in [0.2, 0.25) is 0 Å². The summed E-state index contributed by atoms with van der Waals surface area (Å²) in [4.78, 5) is 2.27. The summed E-state index contributed by atoms with van der Waals surface area (Å²) in [6, 6.07) is 5.73. The number of para-hydroxylation sites is 1. The van der Waals surface area contributed by atoms with Gasteiger partial charge in [-0.3, -0.25) is 0 Å². The second-order valence-corrected chi connectivity index (χ2v) is 5.23. The molecule has 1 spiro atoms. The fourth-order valence-corrected chi connectivity index (χ4v) is 2.96. The first-order chi connectivity index (χ1) is 7.70. The van der Waals surface area contributed by atoms with Crippen LogP contribution in [0.15, 0.2) is 18.2 Å². The second kappa shape index (κ2) is 3.30. The molecule has 1 fully saturated rings. The van der Waals surface area contributed by atoms with E-state index in [1.807, 2.05) is 6.07 Å². The first-order valence-corrected chi connectivity index (χ1v) is 5.97. The number of benzene rings is 1. The third-order valence-corrected chi connectivity index (χ3v) is 4.06. The molecule has 86 valence electrons. The van der Waals surface area contributed by atoms with Gasteiger partial charge in [0.05, 0.1) is 5.69 Å². The van der Waals surface area contributed by atoms with Crippen LogP contribution in [0, 0.1) is 5.41 Å². The Balaban J connectivity index is 1.98. The summed E-state index contributed by atoms with van der Waals surface area (Å²) in [5.74, 6) is 0.362. The Morgan fingerprint density at radius 3 is 2.88 bits per heavy atom. The van der Waals surface area contributed by atoms with Crippen molar-refractivity contribution < 1.29 is 5.11 Å². The summed E-state index contributed by atoms with van der Waals surface area (Å²) in [6.07, 6.45) is 3.95. The SMILES string of the molecule is CN1CC2(CCC2)CNc2c(O)cccc21. The molecule has 0 aromatic heterocycles. The number of anilines is 2. The monoisotopic (exact) mass is 218 g/mol. The number of rotatable bonds is 0. The van der Waals surface area contributed by atoms with Crippen molar-refractivity contribution in [3.05, 3.63) is 18.2 Å². The maximum atomic E-state index is 9.87. The molecule has 2 aliphatic rings. The van der Waals surface area contributed by atoms with Crippen molar-refractivity contribution in [2.45, 2.75) is 19.3 Å². The van der Waals surface area contributed by atoms with Crippen molar-refractivity contribution in [1.29, 1.82) is 0 Å². The van der Waals surface area contributed by atoms with Crippen molar-refractivity contribution in [3.63, 3.8) is 0 Å². The van der Waals surface area contributed by atoms with Gasteiger partial charge >= 0.3 is 0 Å². The first-order valence-electron chi connectivity index (χ1n) is 5.97. The van der Waals surface area contributed by atoms with Crippen molar-refractivity contribution in [3.8, 4) is 5.75 Å². The summed E-state index contributed by atoms with van der Waals surface area (Å²) in [6.45, 7) is 2.08. The molecule has 1 aromatic carbocycles. The fraction of sp³-hybridized carbons (Fsp3) is 0.538. The molecular formula is C13H18N2O. The van der Waals surface area contributed by atoms with Crippen LogP contribution >= 0.6 is 0 Å². The number of fused-ring (bicyclic) bond motifs is 1. The number of phenols is 1. The quantitative estimate of drug-likeness (QED) is 0.656. The molecular weight excluding hydrogens is 200 g/mol. The predicted molar refractivity (Wildman–Crippen MR) is 66.2 cm³/mol. The van der Waals surface area contributed by atoms with E-state index in [-0.39, 0.29) is 0 Å². The van der Waals surface area contributed by atoms with E-state index in [2.05, 4.69) is 23.3 Å². The smallest absolute Gasteiger partial charge is 0.140 e. The van der Waals surface area contributed by atoms with Gasteiger partial charge in [0.15, 0.2) is 0 Å². The van der Waals surface area contributed by atoms with Crippen molar-refractivity contribution in [2.24, 2.45) is 5.41 Å². The van der Waals surface area contributed by atoms with E-state index in [9.17, 15) is 5.11 Å². The molecule has 3 nitrogen and oxygen atoms in total. The summed E-state index contributed by atoms with van der Waals surface area (Å²) in [5, 5.41) is 13.3. The van der Waals surface area contributed by atoms with Gasteiger partial charge in [-0.1, -0.05) is 12.5 Å². The van der Waals surface area contributed by atoms with Gasteiger partial charge < -0.3 is 15.3 Å². The molecule has 0 bridgehead atoms. The highest BCUT2D eigenvalue weighted by atomic mass is 16.3. The zero-order valence-corrected chi connectivity index (χ0v) is 9.66. The highest BCUT2D eigenvalue weighted by Gasteiger charge is 2.40. The molecule has 0 unspecified atom stereocenters. The Kier molecular flexibility index (Phi) is 2.03. The molecule has 3 rings (SSSR count). The number of hydrogen-bond acceptors (Lipinski definition) is 3. The van der Waals surface area contributed by atoms with Gasteiger partial charge in [0.25, 0.3) is 0 Å².